The van der Waals surface area contributed by atoms with Crippen molar-refractivity contribution < 1.29 is 0 Å². The first kappa shape index (κ1) is 12.2. The van der Waals surface area contributed by atoms with E-state index < -0.39 is 0 Å². The maximum atomic E-state index is 4.23. The van der Waals surface area contributed by atoms with Crippen LogP contribution in [0.3, 0.4) is 0 Å². The van der Waals surface area contributed by atoms with Crippen LogP contribution in [0.4, 0.5) is 0 Å². The predicted molar refractivity (Wildman–Crippen MR) is 65.2 cm³/mol. The standard InChI is InChI=1S/C13H22N2/c1-4-6-14-7-5-12(3)13-8-11(2)9-15-10-13/h8-10,12,14H,4-7H2,1-3H3. The summed E-state index contributed by atoms with van der Waals surface area (Å²) in [6.45, 7) is 8.78. The lowest BCUT2D eigenvalue weighted by Gasteiger charge is -2.12. The molecule has 0 bridgehead atoms. The Morgan fingerprint density at radius 3 is 2.80 bits per heavy atom. The van der Waals surface area contributed by atoms with E-state index in [1.807, 2.05) is 12.4 Å². The Morgan fingerprint density at radius 1 is 1.33 bits per heavy atom. The van der Waals surface area contributed by atoms with Gasteiger partial charge in [-0.2, -0.15) is 0 Å². The monoisotopic (exact) mass is 206 g/mol. The minimum absolute atomic E-state index is 0.599. The normalized spacial score (nSPS) is 12.7. The number of hydrogen-bond donors (Lipinski definition) is 1. The van der Waals surface area contributed by atoms with Crippen LogP contribution in [0.1, 0.15) is 43.7 Å². The molecule has 0 saturated heterocycles. The Labute approximate surface area is 93.1 Å². The highest BCUT2D eigenvalue weighted by molar-refractivity contribution is 5.19. The third-order valence-electron chi connectivity index (χ3n) is 2.65. The van der Waals surface area contributed by atoms with E-state index in [0.717, 1.165) is 13.1 Å². The second-order valence-corrected chi connectivity index (χ2v) is 4.24. The highest BCUT2D eigenvalue weighted by atomic mass is 14.8. The third kappa shape index (κ3) is 4.43. The van der Waals surface area contributed by atoms with Gasteiger partial charge in [0.15, 0.2) is 0 Å². The minimum Gasteiger partial charge on any atom is -0.317 e. The number of aromatic nitrogens is 1. The second kappa shape index (κ2) is 6.57. The van der Waals surface area contributed by atoms with Gasteiger partial charge in [-0.3, -0.25) is 4.98 Å². The number of nitrogens with zero attached hydrogens (tertiary/aromatic N) is 1. The first-order valence-corrected chi connectivity index (χ1v) is 5.86. The van der Waals surface area contributed by atoms with Crippen molar-refractivity contribution in [3.63, 3.8) is 0 Å². The summed E-state index contributed by atoms with van der Waals surface area (Å²) in [6, 6.07) is 2.23. The van der Waals surface area contributed by atoms with Crippen molar-refractivity contribution in [2.75, 3.05) is 13.1 Å². The van der Waals surface area contributed by atoms with E-state index in [1.165, 1.54) is 24.0 Å². The lowest BCUT2D eigenvalue weighted by Crippen LogP contribution is -2.17. The maximum Gasteiger partial charge on any atom is 0.0302 e. The quantitative estimate of drug-likeness (QED) is 0.724. The SMILES string of the molecule is CCCNCCC(C)c1cncc(C)c1. The molecule has 0 radical (unpaired) electrons. The summed E-state index contributed by atoms with van der Waals surface area (Å²) in [5.41, 5.74) is 2.61. The molecular formula is C13H22N2. The van der Waals surface area contributed by atoms with Crippen LogP contribution in [0.25, 0.3) is 0 Å². The van der Waals surface area contributed by atoms with E-state index in [0.29, 0.717) is 5.92 Å². The van der Waals surface area contributed by atoms with Gasteiger partial charge in [-0.05, 0) is 49.9 Å². The van der Waals surface area contributed by atoms with E-state index in [4.69, 9.17) is 0 Å². The van der Waals surface area contributed by atoms with Gasteiger partial charge in [0.1, 0.15) is 0 Å². The molecule has 1 rings (SSSR count). The molecule has 0 aliphatic heterocycles. The molecule has 1 unspecified atom stereocenters. The zero-order valence-corrected chi connectivity index (χ0v) is 10.1. The molecule has 0 aliphatic carbocycles. The summed E-state index contributed by atoms with van der Waals surface area (Å²) in [6.07, 6.45) is 6.29. The molecule has 0 spiro atoms. The van der Waals surface area contributed by atoms with E-state index in [9.17, 15) is 0 Å². The second-order valence-electron chi connectivity index (χ2n) is 4.24. The number of aryl methyl sites for hydroxylation is 1. The Morgan fingerprint density at radius 2 is 2.13 bits per heavy atom. The zero-order chi connectivity index (χ0) is 11.1. The first-order valence-electron chi connectivity index (χ1n) is 5.86. The summed E-state index contributed by atoms with van der Waals surface area (Å²) in [5.74, 6) is 0.599. The van der Waals surface area contributed by atoms with Crippen LogP contribution < -0.4 is 5.32 Å². The van der Waals surface area contributed by atoms with Crippen molar-refractivity contribution in [1.82, 2.24) is 10.3 Å². The van der Waals surface area contributed by atoms with Crippen molar-refractivity contribution >= 4 is 0 Å². The van der Waals surface area contributed by atoms with Gasteiger partial charge < -0.3 is 5.32 Å². The number of rotatable bonds is 6. The fourth-order valence-corrected chi connectivity index (χ4v) is 1.63. The fourth-order valence-electron chi connectivity index (χ4n) is 1.63. The molecule has 0 amide bonds. The van der Waals surface area contributed by atoms with Gasteiger partial charge >= 0.3 is 0 Å². The van der Waals surface area contributed by atoms with Crippen LogP contribution in [-0.2, 0) is 0 Å². The lowest BCUT2D eigenvalue weighted by atomic mass is 9.98. The Bertz CT molecular complexity index is 284. The molecule has 0 aromatic carbocycles. The first-order chi connectivity index (χ1) is 7.24. The van der Waals surface area contributed by atoms with Crippen LogP contribution in [0.2, 0.25) is 0 Å². The molecule has 1 aromatic heterocycles. The number of pyridine rings is 1. The van der Waals surface area contributed by atoms with Crippen molar-refractivity contribution in [2.45, 2.75) is 39.5 Å². The Kier molecular flexibility index (Phi) is 5.33. The van der Waals surface area contributed by atoms with E-state index >= 15 is 0 Å². The van der Waals surface area contributed by atoms with Crippen LogP contribution in [0.5, 0.6) is 0 Å². The van der Waals surface area contributed by atoms with Crippen molar-refractivity contribution in [3.05, 3.63) is 29.6 Å². The summed E-state index contributed by atoms with van der Waals surface area (Å²) in [4.78, 5) is 4.23. The molecule has 0 aliphatic rings. The van der Waals surface area contributed by atoms with Gasteiger partial charge in [-0.1, -0.05) is 19.9 Å². The summed E-state index contributed by atoms with van der Waals surface area (Å²) >= 11 is 0. The topological polar surface area (TPSA) is 24.9 Å². The summed E-state index contributed by atoms with van der Waals surface area (Å²) in [5, 5.41) is 3.43. The molecule has 15 heavy (non-hydrogen) atoms. The van der Waals surface area contributed by atoms with Crippen LogP contribution in [0, 0.1) is 6.92 Å². The Hall–Kier alpha value is -0.890. The largest absolute Gasteiger partial charge is 0.317 e. The van der Waals surface area contributed by atoms with Crippen LogP contribution in [0.15, 0.2) is 18.5 Å². The molecule has 0 saturated carbocycles. The van der Waals surface area contributed by atoms with Gasteiger partial charge in [0.2, 0.25) is 0 Å². The molecule has 1 N–H and O–H groups in total. The van der Waals surface area contributed by atoms with E-state index in [2.05, 4.69) is 37.1 Å². The minimum atomic E-state index is 0.599. The van der Waals surface area contributed by atoms with Gasteiger partial charge in [0.05, 0.1) is 0 Å². The summed E-state index contributed by atoms with van der Waals surface area (Å²) in [7, 11) is 0. The predicted octanol–water partition coefficient (Wildman–Crippen LogP) is 2.88. The molecule has 1 heterocycles. The highest BCUT2D eigenvalue weighted by Crippen LogP contribution is 2.17. The maximum absolute atomic E-state index is 4.23. The lowest BCUT2D eigenvalue weighted by molar-refractivity contribution is 0.589. The average molecular weight is 206 g/mol. The van der Waals surface area contributed by atoms with Crippen LogP contribution >= 0.6 is 0 Å². The average Bonchev–Trinajstić information content (AvgIpc) is 2.24. The van der Waals surface area contributed by atoms with E-state index in [1.54, 1.807) is 0 Å². The summed E-state index contributed by atoms with van der Waals surface area (Å²) < 4.78 is 0. The number of nitrogens with one attached hydrogen (secondary N) is 1. The molecular weight excluding hydrogens is 184 g/mol. The molecule has 2 heteroatoms. The molecule has 84 valence electrons. The van der Waals surface area contributed by atoms with Gasteiger partial charge in [-0.25, -0.2) is 0 Å². The van der Waals surface area contributed by atoms with Crippen molar-refractivity contribution in [2.24, 2.45) is 0 Å². The van der Waals surface area contributed by atoms with Gasteiger partial charge in [-0.15, -0.1) is 0 Å². The van der Waals surface area contributed by atoms with E-state index in [-0.39, 0.29) is 0 Å². The van der Waals surface area contributed by atoms with Crippen molar-refractivity contribution in [3.8, 4) is 0 Å². The molecule has 0 fully saturated rings. The molecule has 1 atom stereocenters. The van der Waals surface area contributed by atoms with Gasteiger partial charge in [0, 0.05) is 12.4 Å². The van der Waals surface area contributed by atoms with Crippen molar-refractivity contribution in [1.29, 1.82) is 0 Å². The molecule has 1 aromatic rings. The Balaban J connectivity index is 2.36. The van der Waals surface area contributed by atoms with Crippen LogP contribution in [-0.4, -0.2) is 18.1 Å². The smallest absolute Gasteiger partial charge is 0.0302 e. The third-order valence-corrected chi connectivity index (χ3v) is 2.65. The zero-order valence-electron chi connectivity index (χ0n) is 10.1. The highest BCUT2D eigenvalue weighted by Gasteiger charge is 2.05. The molecule has 2 nitrogen and oxygen atoms in total. The number of hydrogen-bond acceptors (Lipinski definition) is 2. The fraction of sp³-hybridized carbons (Fsp3) is 0.615. The van der Waals surface area contributed by atoms with Gasteiger partial charge in [0.25, 0.3) is 0 Å².